The summed E-state index contributed by atoms with van der Waals surface area (Å²) < 4.78 is 7.07. The third kappa shape index (κ3) is 3.49. The maximum absolute atomic E-state index is 12.3. The van der Waals surface area contributed by atoms with Gasteiger partial charge < -0.3 is 10.1 Å². The zero-order valence-corrected chi connectivity index (χ0v) is 14.6. The Morgan fingerprint density at radius 2 is 2.10 bits per heavy atom. The van der Waals surface area contributed by atoms with E-state index in [0.29, 0.717) is 17.1 Å². The van der Waals surface area contributed by atoms with E-state index in [-0.39, 0.29) is 5.91 Å². The van der Waals surface area contributed by atoms with Crippen LogP contribution in [0.15, 0.2) is 34.8 Å². The van der Waals surface area contributed by atoms with Gasteiger partial charge in [0.25, 0.3) is 5.91 Å². The van der Waals surface area contributed by atoms with Crippen LogP contribution in [0.4, 0.5) is 5.82 Å². The second kappa shape index (κ2) is 6.53. The molecule has 0 fully saturated rings. The summed E-state index contributed by atoms with van der Waals surface area (Å²) in [4.78, 5) is 16.6. The summed E-state index contributed by atoms with van der Waals surface area (Å²) in [5.41, 5.74) is 1.34. The summed E-state index contributed by atoms with van der Waals surface area (Å²) in [5, 5.41) is 2.77. The Balaban J connectivity index is 2.27. The number of hydrogen-bond donors (Lipinski definition) is 1. The number of pyridine rings is 1. The molecule has 1 N–H and O–H groups in total. The number of aryl methyl sites for hydroxylation is 1. The SMILES string of the molecule is COc1ccc(Br)cc1C(=O)Nc1ccc(I)c(C)n1. The van der Waals surface area contributed by atoms with Crippen LogP contribution in [0.2, 0.25) is 0 Å². The molecular formula is C14H12BrIN2O2. The monoisotopic (exact) mass is 446 g/mol. The summed E-state index contributed by atoms with van der Waals surface area (Å²) in [6.45, 7) is 1.90. The van der Waals surface area contributed by atoms with Crippen LogP contribution in [0.3, 0.4) is 0 Å². The van der Waals surface area contributed by atoms with Crippen molar-refractivity contribution in [1.82, 2.24) is 4.98 Å². The van der Waals surface area contributed by atoms with E-state index < -0.39 is 0 Å². The number of carbonyl (C=O) groups is 1. The summed E-state index contributed by atoms with van der Waals surface area (Å²) in [7, 11) is 1.54. The molecule has 0 aliphatic heterocycles. The number of methoxy groups -OCH3 is 1. The molecule has 2 rings (SSSR count). The molecule has 1 aromatic carbocycles. The van der Waals surface area contributed by atoms with Gasteiger partial charge in [-0.3, -0.25) is 4.79 Å². The summed E-state index contributed by atoms with van der Waals surface area (Å²) in [5.74, 6) is 0.791. The Labute approximate surface area is 139 Å². The number of ether oxygens (including phenoxy) is 1. The van der Waals surface area contributed by atoms with Gasteiger partial charge in [-0.25, -0.2) is 4.98 Å². The predicted octanol–water partition coefficient (Wildman–Crippen LogP) is 4.02. The molecule has 1 heterocycles. The summed E-state index contributed by atoms with van der Waals surface area (Å²) in [6, 6.07) is 8.97. The van der Waals surface area contributed by atoms with Crippen LogP contribution >= 0.6 is 38.5 Å². The number of nitrogens with one attached hydrogen (secondary N) is 1. The van der Waals surface area contributed by atoms with Gasteiger partial charge in [0.05, 0.1) is 18.4 Å². The van der Waals surface area contributed by atoms with Crippen LogP contribution in [0.25, 0.3) is 0 Å². The zero-order valence-electron chi connectivity index (χ0n) is 10.9. The highest BCUT2D eigenvalue weighted by Crippen LogP contribution is 2.24. The number of hydrogen-bond acceptors (Lipinski definition) is 3. The van der Waals surface area contributed by atoms with Gasteiger partial charge in [-0.1, -0.05) is 15.9 Å². The zero-order chi connectivity index (χ0) is 14.7. The van der Waals surface area contributed by atoms with Gasteiger partial charge >= 0.3 is 0 Å². The van der Waals surface area contributed by atoms with Crippen molar-refractivity contribution in [2.24, 2.45) is 0 Å². The molecule has 0 saturated carbocycles. The Bertz CT molecular complexity index is 662. The van der Waals surface area contributed by atoms with Crippen LogP contribution in [-0.2, 0) is 0 Å². The number of rotatable bonds is 3. The lowest BCUT2D eigenvalue weighted by molar-refractivity contribution is 0.102. The van der Waals surface area contributed by atoms with E-state index in [1.807, 2.05) is 19.1 Å². The van der Waals surface area contributed by atoms with Crippen LogP contribution in [0.1, 0.15) is 16.1 Å². The summed E-state index contributed by atoms with van der Waals surface area (Å²) >= 11 is 5.55. The van der Waals surface area contributed by atoms with Crippen LogP contribution < -0.4 is 10.1 Å². The van der Waals surface area contributed by atoms with Crippen molar-refractivity contribution in [2.45, 2.75) is 6.92 Å². The molecule has 0 spiro atoms. The highest BCUT2D eigenvalue weighted by atomic mass is 127. The Morgan fingerprint density at radius 3 is 2.75 bits per heavy atom. The molecule has 1 amide bonds. The largest absolute Gasteiger partial charge is 0.496 e. The van der Waals surface area contributed by atoms with E-state index in [9.17, 15) is 4.79 Å². The number of anilines is 1. The molecular weight excluding hydrogens is 435 g/mol. The second-order valence-corrected chi connectivity index (χ2v) is 6.14. The number of halogens is 2. The molecule has 0 unspecified atom stereocenters. The molecule has 0 bridgehead atoms. The fourth-order valence-electron chi connectivity index (χ4n) is 1.65. The minimum Gasteiger partial charge on any atom is -0.496 e. The van der Waals surface area contributed by atoms with Crippen molar-refractivity contribution in [1.29, 1.82) is 0 Å². The Hall–Kier alpha value is -1.15. The number of carbonyl (C=O) groups excluding carboxylic acids is 1. The predicted molar refractivity (Wildman–Crippen MR) is 90.3 cm³/mol. The number of nitrogens with zero attached hydrogens (tertiary/aromatic N) is 1. The molecule has 1 aromatic heterocycles. The first kappa shape index (κ1) is 15.2. The molecule has 2 aromatic rings. The minimum atomic E-state index is -0.253. The van der Waals surface area contributed by atoms with E-state index >= 15 is 0 Å². The van der Waals surface area contributed by atoms with Crippen LogP contribution in [0.5, 0.6) is 5.75 Å². The molecule has 6 heteroatoms. The molecule has 0 saturated heterocycles. The minimum absolute atomic E-state index is 0.253. The maximum Gasteiger partial charge on any atom is 0.260 e. The fraction of sp³-hybridized carbons (Fsp3) is 0.143. The first-order valence-corrected chi connectivity index (χ1v) is 7.66. The quantitative estimate of drug-likeness (QED) is 0.724. The lowest BCUT2D eigenvalue weighted by atomic mass is 10.2. The maximum atomic E-state index is 12.3. The molecule has 20 heavy (non-hydrogen) atoms. The van der Waals surface area contributed by atoms with E-state index in [1.165, 1.54) is 7.11 Å². The first-order valence-electron chi connectivity index (χ1n) is 5.79. The van der Waals surface area contributed by atoms with Crippen molar-refractivity contribution >= 4 is 50.2 Å². The molecule has 4 nitrogen and oxygen atoms in total. The van der Waals surface area contributed by atoms with E-state index in [4.69, 9.17) is 4.74 Å². The van der Waals surface area contributed by atoms with E-state index in [1.54, 1.807) is 18.2 Å². The van der Waals surface area contributed by atoms with Crippen molar-refractivity contribution in [3.63, 3.8) is 0 Å². The topological polar surface area (TPSA) is 51.2 Å². The smallest absolute Gasteiger partial charge is 0.260 e. The van der Waals surface area contributed by atoms with Crippen LogP contribution in [0, 0.1) is 10.5 Å². The van der Waals surface area contributed by atoms with Gasteiger partial charge in [0.1, 0.15) is 11.6 Å². The fourth-order valence-corrected chi connectivity index (χ4v) is 2.32. The van der Waals surface area contributed by atoms with Crippen molar-refractivity contribution in [3.05, 3.63) is 49.6 Å². The van der Waals surface area contributed by atoms with E-state index in [2.05, 4.69) is 48.8 Å². The van der Waals surface area contributed by atoms with Gasteiger partial charge in [-0.15, -0.1) is 0 Å². The highest BCUT2D eigenvalue weighted by molar-refractivity contribution is 14.1. The molecule has 0 aliphatic carbocycles. The molecule has 104 valence electrons. The highest BCUT2D eigenvalue weighted by Gasteiger charge is 2.13. The van der Waals surface area contributed by atoms with Crippen molar-refractivity contribution in [2.75, 3.05) is 12.4 Å². The van der Waals surface area contributed by atoms with Gasteiger partial charge in [0, 0.05) is 8.04 Å². The lowest BCUT2D eigenvalue weighted by Gasteiger charge is -2.10. The number of amides is 1. The Morgan fingerprint density at radius 1 is 1.35 bits per heavy atom. The third-order valence-corrected chi connectivity index (χ3v) is 4.30. The average molecular weight is 447 g/mol. The third-order valence-electron chi connectivity index (χ3n) is 2.67. The second-order valence-electron chi connectivity index (χ2n) is 4.06. The lowest BCUT2D eigenvalue weighted by Crippen LogP contribution is -2.14. The molecule has 0 aliphatic rings. The number of benzene rings is 1. The van der Waals surface area contributed by atoms with Crippen molar-refractivity contribution in [3.8, 4) is 5.75 Å². The normalized spacial score (nSPS) is 10.2. The Kier molecular flexibility index (Phi) is 4.98. The van der Waals surface area contributed by atoms with Gasteiger partial charge in [0.15, 0.2) is 0 Å². The van der Waals surface area contributed by atoms with E-state index in [0.717, 1.165) is 13.7 Å². The average Bonchev–Trinajstić information content (AvgIpc) is 2.43. The van der Waals surface area contributed by atoms with Crippen molar-refractivity contribution < 1.29 is 9.53 Å². The standard InChI is InChI=1S/C14H12BrIN2O2/c1-8-11(16)4-6-13(17-8)18-14(19)10-7-9(15)3-5-12(10)20-2/h3-7H,1-2H3,(H,17,18,19). The van der Waals surface area contributed by atoms with Gasteiger partial charge in [-0.2, -0.15) is 0 Å². The van der Waals surface area contributed by atoms with Crippen LogP contribution in [-0.4, -0.2) is 18.0 Å². The van der Waals surface area contributed by atoms with Gasteiger partial charge in [0.2, 0.25) is 0 Å². The summed E-state index contributed by atoms with van der Waals surface area (Å²) in [6.07, 6.45) is 0. The molecule has 0 radical (unpaired) electrons. The number of aromatic nitrogens is 1. The molecule has 0 atom stereocenters. The van der Waals surface area contributed by atoms with Gasteiger partial charge in [-0.05, 0) is 59.8 Å². The first-order chi connectivity index (χ1) is 9.51.